The lowest BCUT2D eigenvalue weighted by Crippen LogP contribution is -2.43. The number of carbonyl (C=O) groups excluding carboxylic acids is 1. The summed E-state index contributed by atoms with van der Waals surface area (Å²) in [5, 5.41) is 2.28. The summed E-state index contributed by atoms with van der Waals surface area (Å²) in [6, 6.07) is 2.58. The highest BCUT2D eigenvalue weighted by Gasteiger charge is 2.31. The molecule has 122 valence electrons. The van der Waals surface area contributed by atoms with Gasteiger partial charge in [-0.15, -0.1) is 0 Å². The van der Waals surface area contributed by atoms with Gasteiger partial charge >= 0.3 is 0 Å². The second-order valence-electron chi connectivity index (χ2n) is 5.42. The van der Waals surface area contributed by atoms with Gasteiger partial charge in [-0.3, -0.25) is 4.79 Å². The quantitative estimate of drug-likeness (QED) is 0.898. The zero-order valence-corrected chi connectivity index (χ0v) is 13.0. The Morgan fingerprint density at radius 3 is 2.50 bits per heavy atom. The van der Waals surface area contributed by atoms with Crippen molar-refractivity contribution in [3.8, 4) is 0 Å². The third-order valence-corrected chi connectivity index (χ3v) is 4.94. The monoisotopic (exact) mass is 332 g/mol. The molecular weight excluding hydrogens is 314 g/mol. The first-order valence-electron chi connectivity index (χ1n) is 6.99. The van der Waals surface area contributed by atoms with Gasteiger partial charge in [-0.05, 0) is 25.0 Å². The number of anilines is 1. The van der Waals surface area contributed by atoms with Gasteiger partial charge in [0.25, 0.3) is 0 Å². The van der Waals surface area contributed by atoms with Crippen LogP contribution in [0.15, 0.2) is 18.2 Å². The molecule has 0 saturated heterocycles. The molecule has 8 heteroatoms. The number of rotatable bonds is 5. The minimum Gasteiger partial charge on any atom is -0.322 e. The van der Waals surface area contributed by atoms with Gasteiger partial charge in [0.15, 0.2) is 0 Å². The van der Waals surface area contributed by atoms with Crippen LogP contribution in [-0.2, 0) is 14.8 Å². The average molecular weight is 332 g/mol. The number of carbonyl (C=O) groups is 1. The Balaban J connectivity index is 2.08. The van der Waals surface area contributed by atoms with Crippen LogP contribution >= 0.6 is 0 Å². The van der Waals surface area contributed by atoms with Gasteiger partial charge in [0.1, 0.15) is 11.6 Å². The molecule has 1 aromatic rings. The maximum absolute atomic E-state index is 13.5. The standard InChI is InChI=1S/C14H18F2N2O3S/c1-22(20,21)18(11-4-2-3-5-11)9-14(19)17-13-7-6-10(15)8-12(13)16/h6-8,11H,2-5,9H2,1H3,(H,17,19). The lowest BCUT2D eigenvalue weighted by atomic mass is 10.2. The number of hydrogen-bond acceptors (Lipinski definition) is 3. The Hall–Kier alpha value is -1.54. The van der Waals surface area contributed by atoms with Crippen LogP contribution in [0.2, 0.25) is 0 Å². The van der Waals surface area contributed by atoms with Gasteiger partial charge in [0, 0.05) is 12.1 Å². The van der Waals surface area contributed by atoms with E-state index in [1.54, 1.807) is 0 Å². The number of nitrogens with one attached hydrogen (secondary N) is 1. The summed E-state index contributed by atoms with van der Waals surface area (Å²) < 4.78 is 51.1. The topological polar surface area (TPSA) is 66.5 Å². The number of benzene rings is 1. The first kappa shape index (κ1) is 16.8. The van der Waals surface area contributed by atoms with E-state index in [-0.39, 0.29) is 18.3 Å². The zero-order valence-electron chi connectivity index (χ0n) is 12.2. The SMILES string of the molecule is CS(=O)(=O)N(CC(=O)Nc1ccc(F)cc1F)C1CCCC1. The summed E-state index contributed by atoms with van der Waals surface area (Å²) in [7, 11) is -3.53. The highest BCUT2D eigenvalue weighted by molar-refractivity contribution is 7.88. The second-order valence-corrected chi connectivity index (χ2v) is 7.35. The largest absolute Gasteiger partial charge is 0.322 e. The Morgan fingerprint density at radius 2 is 1.95 bits per heavy atom. The Morgan fingerprint density at radius 1 is 1.32 bits per heavy atom. The molecule has 0 aromatic heterocycles. The van der Waals surface area contributed by atoms with Crippen LogP contribution in [0.4, 0.5) is 14.5 Å². The molecule has 0 spiro atoms. The van der Waals surface area contributed by atoms with Crippen LogP contribution < -0.4 is 5.32 Å². The molecule has 0 radical (unpaired) electrons. The molecular formula is C14H18F2N2O3S. The van der Waals surface area contributed by atoms with E-state index < -0.39 is 27.6 Å². The van der Waals surface area contributed by atoms with E-state index in [1.165, 1.54) is 0 Å². The van der Waals surface area contributed by atoms with Gasteiger partial charge < -0.3 is 5.32 Å². The van der Waals surface area contributed by atoms with Crippen LogP contribution in [0.3, 0.4) is 0 Å². The van der Waals surface area contributed by atoms with E-state index in [9.17, 15) is 22.0 Å². The lowest BCUT2D eigenvalue weighted by molar-refractivity contribution is -0.116. The molecule has 0 heterocycles. The molecule has 1 amide bonds. The zero-order chi connectivity index (χ0) is 16.3. The van der Waals surface area contributed by atoms with Crippen molar-refractivity contribution in [2.45, 2.75) is 31.7 Å². The smallest absolute Gasteiger partial charge is 0.239 e. The van der Waals surface area contributed by atoms with Crippen molar-refractivity contribution in [3.63, 3.8) is 0 Å². The van der Waals surface area contributed by atoms with Crippen LogP contribution in [0, 0.1) is 11.6 Å². The summed E-state index contributed by atoms with van der Waals surface area (Å²) in [4.78, 5) is 12.0. The molecule has 0 atom stereocenters. The number of halogens is 2. The van der Waals surface area contributed by atoms with Gasteiger partial charge in [0.05, 0.1) is 18.5 Å². The first-order chi connectivity index (χ1) is 10.3. The second kappa shape index (κ2) is 6.70. The lowest BCUT2D eigenvalue weighted by Gasteiger charge is -2.25. The molecule has 1 aromatic carbocycles. The number of sulfonamides is 1. The fourth-order valence-corrected chi connectivity index (χ4v) is 3.74. The molecule has 2 rings (SSSR count). The summed E-state index contributed by atoms with van der Waals surface area (Å²) in [6.45, 7) is -0.375. The molecule has 0 unspecified atom stereocenters. The van der Waals surface area contributed by atoms with Crippen molar-refractivity contribution >= 4 is 21.6 Å². The van der Waals surface area contributed by atoms with Crippen molar-refractivity contribution < 1.29 is 22.0 Å². The summed E-state index contributed by atoms with van der Waals surface area (Å²) in [5.74, 6) is -2.30. The van der Waals surface area contributed by atoms with E-state index in [0.717, 1.165) is 35.5 Å². The van der Waals surface area contributed by atoms with Crippen molar-refractivity contribution in [2.24, 2.45) is 0 Å². The van der Waals surface area contributed by atoms with E-state index in [2.05, 4.69) is 5.32 Å². The van der Waals surface area contributed by atoms with Gasteiger partial charge in [-0.2, -0.15) is 4.31 Å². The van der Waals surface area contributed by atoms with E-state index in [0.29, 0.717) is 18.9 Å². The first-order valence-corrected chi connectivity index (χ1v) is 8.84. The molecule has 1 aliphatic carbocycles. The van der Waals surface area contributed by atoms with Crippen LogP contribution in [0.1, 0.15) is 25.7 Å². The molecule has 1 saturated carbocycles. The van der Waals surface area contributed by atoms with Crippen molar-refractivity contribution in [3.05, 3.63) is 29.8 Å². The molecule has 5 nitrogen and oxygen atoms in total. The highest BCUT2D eigenvalue weighted by Crippen LogP contribution is 2.25. The third-order valence-electron chi connectivity index (χ3n) is 3.66. The van der Waals surface area contributed by atoms with Crippen molar-refractivity contribution in [1.82, 2.24) is 4.31 Å². The van der Waals surface area contributed by atoms with E-state index >= 15 is 0 Å². The van der Waals surface area contributed by atoms with Gasteiger partial charge in [0.2, 0.25) is 15.9 Å². The van der Waals surface area contributed by atoms with Crippen molar-refractivity contribution in [1.29, 1.82) is 0 Å². The summed E-state index contributed by atoms with van der Waals surface area (Å²) in [6.07, 6.45) is 4.32. The number of nitrogens with zero attached hydrogens (tertiary/aromatic N) is 1. The molecule has 22 heavy (non-hydrogen) atoms. The third kappa shape index (κ3) is 4.23. The van der Waals surface area contributed by atoms with Crippen LogP contribution in [0.25, 0.3) is 0 Å². The predicted molar refractivity (Wildman–Crippen MR) is 78.8 cm³/mol. The number of amides is 1. The van der Waals surface area contributed by atoms with Crippen LogP contribution in [-0.4, -0.2) is 37.5 Å². The Kier molecular flexibility index (Phi) is 5.12. The van der Waals surface area contributed by atoms with E-state index in [1.807, 2.05) is 0 Å². The minimum absolute atomic E-state index is 0.175. The van der Waals surface area contributed by atoms with E-state index in [4.69, 9.17) is 0 Å². The highest BCUT2D eigenvalue weighted by atomic mass is 32.2. The number of hydrogen-bond donors (Lipinski definition) is 1. The Labute approximate surface area is 128 Å². The fourth-order valence-electron chi connectivity index (χ4n) is 2.63. The Bertz CT molecular complexity index is 658. The normalized spacial score (nSPS) is 16.2. The summed E-state index contributed by atoms with van der Waals surface area (Å²) in [5.41, 5.74) is -0.175. The maximum Gasteiger partial charge on any atom is 0.239 e. The van der Waals surface area contributed by atoms with Gasteiger partial charge in [-0.25, -0.2) is 17.2 Å². The van der Waals surface area contributed by atoms with Crippen LogP contribution in [0.5, 0.6) is 0 Å². The van der Waals surface area contributed by atoms with Crippen molar-refractivity contribution in [2.75, 3.05) is 18.1 Å². The molecule has 0 bridgehead atoms. The molecule has 0 aliphatic heterocycles. The molecule has 1 N–H and O–H groups in total. The maximum atomic E-state index is 13.5. The molecule has 1 fully saturated rings. The fraction of sp³-hybridized carbons (Fsp3) is 0.500. The minimum atomic E-state index is -3.53. The molecule has 1 aliphatic rings. The van der Waals surface area contributed by atoms with Gasteiger partial charge in [-0.1, -0.05) is 12.8 Å². The predicted octanol–water partition coefficient (Wildman–Crippen LogP) is 2.11. The average Bonchev–Trinajstić information content (AvgIpc) is 2.91. The summed E-state index contributed by atoms with van der Waals surface area (Å²) >= 11 is 0.